The Labute approximate surface area is 84.9 Å². The maximum atomic E-state index is 5.70. The molecular weight excluding hydrogens is 174 g/mol. The van der Waals surface area contributed by atoms with Crippen LogP contribution in [-0.2, 0) is 0 Å². The zero-order valence-electron chi connectivity index (χ0n) is 8.83. The summed E-state index contributed by atoms with van der Waals surface area (Å²) < 4.78 is 0. The number of aromatic nitrogens is 1. The Morgan fingerprint density at radius 3 is 2.93 bits per heavy atom. The van der Waals surface area contributed by atoms with Gasteiger partial charge in [-0.3, -0.25) is 4.90 Å². The highest BCUT2D eigenvalue weighted by molar-refractivity contribution is 5.40. The van der Waals surface area contributed by atoms with E-state index in [9.17, 15) is 0 Å². The molecule has 3 nitrogen and oxygen atoms in total. The lowest BCUT2D eigenvalue weighted by Gasteiger charge is -2.19. The van der Waals surface area contributed by atoms with Crippen LogP contribution in [0.2, 0.25) is 0 Å². The number of aryl methyl sites for hydroxylation is 1. The molecule has 0 radical (unpaired) electrons. The Balaban J connectivity index is 2.28. The maximum absolute atomic E-state index is 5.70. The zero-order valence-corrected chi connectivity index (χ0v) is 8.83. The lowest BCUT2D eigenvalue weighted by Crippen LogP contribution is -2.17. The lowest BCUT2D eigenvalue weighted by molar-refractivity contribution is 0.317. The predicted octanol–water partition coefficient (Wildman–Crippen LogP) is 1.74. The molecule has 0 saturated carbocycles. The first kappa shape index (κ1) is 9.46. The highest BCUT2D eigenvalue weighted by Crippen LogP contribution is 2.30. The van der Waals surface area contributed by atoms with Crippen LogP contribution in [0.5, 0.6) is 0 Å². The molecule has 3 heteroatoms. The summed E-state index contributed by atoms with van der Waals surface area (Å²) in [6.07, 6.45) is 4.43. The largest absolute Gasteiger partial charge is 0.383 e. The van der Waals surface area contributed by atoms with Gasteiger partial charge in [-0.1, -0.05) is 0 Å². The van der Waals surface area contributed by atoms with Crippen molar-refractivity contribution in [3.8, 4) is 0 Å². The number of nitrogens with zero attached hydrogens (tertiary/aromatic N) is 2. The van der Waals surface area contributed by atoms with E-state index in [0.29, 0.717) is 11.9 Å². The number of nitrogen functional groups attached to an aromatic ring is 1. The van der Waals surface area contributed by atoms with E-state index < -0.39 is 0 Å². The average Bonchev–Trinajstić information content (AvgIpc) is 2.57. The van der Waals surface area contributed by atoms with E-state index in [1.54, 1.807) is 0 Å². The molecule has 0 amide bonds. The second-order valence-corrected chi connectivity index (χ2v) is 4.11. The average molecular weight is 191 g/mol. The van der Waals surface area contributed by atoms with Crippen LogP contribution < -0.4 is 5.73 Å². The van der Waals surface area contributed by atoms with E-state index in [4.69, 9.17) is 5.73 Å². The topological polar surface area (TPSA) is 42.2 Å². The third-order valence-corrected chi connectivity index (χ3v) is 3.05. The Bertz CT molecular complexity index is 335. The van der Waals surface area contributed by atoms with Crippen molar-refractivity contribution in [1.29, 1.82) is 0 Å². The second-order valence-electron chi connectivity index (χ2n) is 4.11. The van der Waals surface area contributed by atoms with Crippen LogP contribution in [-0.4, -0.2) is 23.5 Å². The SMILES string of the molecule is Cc1cc([C@@H]2CCCN2C)cnc1N. The highest BCUT2D eigenvalue weighted by Gasteiger charge is 2.22. The molecule has 0 aliphatic carbocycles. The summed E-state index contributed by atoms with van der Waals surface area (Å²) in [4.78, 5) is 6.59. The fourth-order valence-corrected chi connectivity index (χ4v) is 2.12. The highest BCUT2D eigenvalue weighted by atomic mass is 15.1. The summed E-state index contributed by atoms with van der Waals surface area (Å²) >= 11 is 0. The lowest BCUT2D eigenvalue weighted by atomic mass is 10.1. The molecule has 76 valence electrons. The van der Waals surface area contributed by atoms with Crippen LogP contribution in [0.15, 0.2) is 12.3 Å². The Hall–Kier alpha value is -1.09. The molecule has 1 fully saturated rings. The van der Waals surface area contributed by atoms with Gasteiger partial charge < -0.3 is 5.73 Å². The fraction of sp³-hybridized carbons (Fsp3) is 0.545. The van der Waals surface area contributed by atoms with Crippen LogP contribution in [0.25, 0.3) is 0 Å². The smallest absolute Gasteiger partial charge is 0.126 e. The molecule has 1 aliphatic heterocycles. The molecule has 2 heterocycles. The molecule has 0 unspecified atom stereocenters. The fourth-order valence-electron chi connectivity index (χ4n) is 2.12. The van der Waals surface area contributed by atoms with Crippen molar-refractivity contribution in [3.05, 3.63) is 23.4 Å². The van der Waals surface area contributed by atoms with Gasteiger partial charge in [0.15, 0.2) is 0 Å². The molecule has 1 saturated heterocycles. The molecule has 1 atom stereocenters. The Kier molecular flexibility index (Phi) is 2.42. The van der Waals surface area contributed by atoms with E-state index in [1.807, 2.05) is 13.1 Å². The predicted molar refractivity (Wildman–Crippen MR) is 58.0 cm³/mol. The van der Waals surface area contributed by atoms with Gasteiger partial charge in [-0.05, 0) is 50.6 Å². The van der Waals surface area contributed by atoms with Crippen LogP contribution in [0.3, 0.4) is 0 Å². The number of hydrogen-bond donors (Lipinski definition) is 1. The second kappa shape index (κ2) is 3.58. The monoisotopic (exact) mass is 191 g/mol. The molecule has 1 aliphatic rings. The summed E-state index contributed by atoms with van der Waals surface area (Å²) in [6, 6.07) is 2.70. The van der Waals surface area contributed by atoms with Crippen molar-refractivity contribution in [2.75, 3.05) is 19.3 Å². The van der Waals surface area contributed by atoms with E-state index in [1.165, 1.54) is 24.9 Å². The number of likely N-dealkylation sites (tertiary alicyclic amines) is 1. The number of pyridine rings is 1. The Morgan fingerprint density at radius 2 is 2.36 bits per heavy atom. The molecule has 0 bridgehead atoms. The van der Waals surface area contributed by atoms with Gasteiger partial charge in [0.05, 0.1) is 0 Å². The van der Waals surface area contributed by atoms with E-state index in [2.05, 4.69) is 23.0 Å². The molecule has 1 aromatic heterocycles. The standard InChI is InChI=1S/C11H17N3/c1-8-6-9(7-13-11(8)12)10-4-3-5-14(10)2/h6-7,10H,3-5H2,1-2H3,(H2,12,13)/t10-/m0/s1. The van der Waals surface area contributed by atoms with E-state index in [-0.39, 0.29) is 0 Å². The van der Waals surface area contributed by atoms with Crippen molar-refractivity contribution in [2.24, 2.45) is 0 Å². The normalized spacial score (nSPS) is 22.9. The summed E-state index contributed by atoms with van der Waals surface area (Å²) in [5.41, 5.74) is 8.09. The van der Waals surface area contributed by atoms with Crippen molar-refractivity contribution < 1.29 is 0 Å². The van der Waals surface area contributed by atoms with Crippen LogP contribution in [0.1, 0.15) is 30.0 Å². The van der Waals surface area contributed by atoms with Gasteiger partial charge in [0.2, 0.25) is 0 Å². The molecule has 2 N–H and O–H groups in total. The first-order chi connectivity index (χ1) is 6.68. The minimum atomic E-state index is 0.543. The van der Waals surface area contributed by atoms with Gasteiger partial charge >= 0.3 is 0 Å². The van der Waals surface area contributed by atoms with Crippen molar-refractivity contribution in [2.45, 2.75) is 25.8 Å². The van der Waals surface area contributed by atoms with Gasteiger partial charge in [-0.2, -0.15) is 0 Å². The van der Waals surface area contributed by atoms with Crippen molar-refractivity contribution >= 4 is 5.82 Å². The van der Waals surface area contributed by atoms with Crippen LogP contribution in [0.4, 0.5) is 5.82 Å². The van der Waals surface area contributed by atoms with E-state index >= 15 is 0 Å². The summed E-state index contributed by atoms with van der Waals surface area (Å²) in [7, 11) is 2.17. The van der Waals surface area contributed by atoms with Crippen LogP contribution >= 0.6 is 0 Å². The van der Waals surface area contributed by atoms with Crippen molar-refractivity contribution in [1.82, 2.24) is 9.88 Å². The zero-order chi connectivity index (χ0) is 10.1. The maximum Gasteiger partial charge on any atom is 0.126 e. The van der Waals surface area contributed by atoms with E-state index in [0.717, 1.165) is 5.56 Å². The van der Waals surface area contributed by atoms with Gasteiger partial charge in [-0.15, -0.1) is 0 Å². The first-order valence-corrected chi connectivity index (χ1v) is 5.11. The number of anilines is 1. The molecular formula is C11H17N3. The number of rotatable bonds is 1. The molecule has 14 heavy (non-hydrogen) atoms. The summed E-state index contributed by atoms with van der Waals surface area (Å²) in [5.74, 6) is 0.648. The summed E-state index contributed by atoms with van der Waals surface area (Å²) in [6.45, 7) is 3.20. The minimum Gasteiger partial charge on any atom is -0.383 e. The summed E-state index contributed by atoms with van der Waals surface area (Å²) in [5, 5.41) is 0. The number of nitrogens with two attached hydrogens (primary N) is 1. The Morgan fingerprint density at radius 1 is 1.57 bits per heavy atom. The van der Waals surface area contributed by atoms with Gasteiger partial charge in [0, 0.05) is 12.2 Å². The van der Waals surface area contributed by atoms with Gasteiger partial charge in [0.1, 0.15) is 5.82 Å². The van der Waals surface area contributed by atoms with Gasteiger partial charge in [-0.25, -0.2) is 4.98 Å². The number of hydrogen-bond acceptors (Lipinski definition) is 3. The third-order valence-electron chi connectivity index (χ3n) is 3.05. The molecule has 0 spiro atoms. The molecule has 1 aromatic rings. The quantitative estimate of drug-likeness (QED) is 0.735. The molecule has 0 aromatic carbocycles. The van der Waals surface area contributed by atoms with Gasteiger partial charge in [0.25, 0.3) is 0 Å². The third kappa shape index (κ3) is 1.60. The minimum absolute atomic E-state index is 0.543. The molecule has 2 rings (SSSR count). The van der Waals surface area contributed by atoms with Crippen LogP contribution in [0, 0.1) is 6.92 Å². The first-order valence-electron chi connectivity index (χ1n) is 5.11. The van der Waals surface area contributed by atoms with Crippen molar-refractivity contribution in [3.63, 3.8) is 0 Å².